The molecule has 0 unspecified atom stereocenters. The Bertz CT molecular complexity index is 985. The Labute approximate surface area is 171 Å². The lowest BCUT2D eigenvalue weighted by Crippen LogP contribution is -2.30. The van der Waals surface area contributed by atoms with E-state index in [1.165, 1.54) is 33.6 Å². The molecule has 0 bridgehead atoms. The van der Waals surface area contributed by atoms with Gasteiger partial charge in [-0.15, -0.1) is 0 Å². The zero-order valence-electron chi connectivity index (χ0n) is 16.2. The first-order valence-electron chi connectivity index (χ1n) is 9.55. The Morgan fingerprint density at radius 1 is 1.07 bits per heavy atom. The molecule has 0 radical (unpaired) electrons. The molecule has 0 aromatic heterocycles. The molecule has 0 heterocycles. The lowest BCUT2D eigenvalue weighted by molar-refractivity contribution is -0.115. The second-order valence-corrected chi connectivity index (χ2v) is 9.26. The van der Waals surface area contributed by atoms with Crippen molar-refractivity contribution in [1.29, 1.82) is 0 Å². The molecule has 0 saturated heterocycles. The van der Waals surface area contributed by atoms with Crippen molar-refractivity contribution >= 4 is 33.2 Å². The third-order valence-corrected chi connectivity index (χ3v) is 7.46. The number of rotatable bonds is 7. The van der Waals surface area contributed by atoms with E-state index in [-0.39, 0.29) is 17.2 Å². The summed E-state index contributed by atoms with van der Waals surface area (Å²) >= 11 is 6.19. The number of fused-ring (bicyclic) bond motifs is 1. The van der Waals surface area contributed by atoms with Crippen LogP contribution in [0, 0.1) is 0 Å². The molecule has 2 aromatic carbocycles. The highest BCUT2D eigenvalue weighted by Crippen LogP contribution is 2.28. The molecule has 1 aliphatic rings. The molecule has 0 fully saturated rings. The molecule has 0 aliphatic heterocycles. The number of sulfonamides is 1. The monoisotopic (exact) mass is 420 g/mol. The second kappa shape index (κ2) is 8.64. The van der Waals surface area contributed by atoms with Crippen molar-refractivity contribution in [3.8, 4) is 0 Å². The van der Waals surface area contributed by atoms with Crippen LogP contribution in [0.5, 0.6) is 0 Å². The molecule has 3 rings (SSSR count). The summed E-state index contributed by atoms with van der Waals surface area (Å²) in [6.07, 6.45) is 3.54. The highest BCUT2D eigenvalue weighted by Gasteiger charge is 2.23. The molecule has 0 atom stereocenters. The highest BCUT2D eigenvalue weighted by molar-refractivity contribution is 7.89. The van der Waals surface area contributed by atoms with E-state index in [1.807, 2.05) is 6.07 Å². The van der Waals surface area contributed by atoms with Crippen molar-refractivity contribution < 1.29 is 13.2 Å². The van der Waals surface area contributed by atoms with Gasteiger partial charge in [0, 0.05) is 13.1 Å². The van der Waals surface area contributed by atoms with Crippen LogP contribution in [-0.2, 0) is 34.1 Å². The minimum Gasteiger partial charge on any atom is -0.324 e. The van der Waals surface area contributed by atoms with Crippen LogP contribution in [0.25, 0.3) is 0 Å². The van der Waals surface area contributed by atoms with Crippen LogP contribution in [0.15, 0.2) is 41.3 Å². The van der Waals surface area contributed by atoms with Gasteiger partial charge in [-0.25, -0.2) is 8.42 Å². The van der Waals surface area contributed by atoms with Crippen molar-refractivity contribution in [3.63, 3.8) is 0 Å². The van der Waals surface area contributed by atoms with Crippen molar-refractivity contribution in [3.05, 3.63) is 58.1 Å². The van der Waals surface area contributed by atoms with Gasteiger partial charge in [0.25, 0.3) is 0 Å². The van der Waals surface area contributed by atoms with Gasteiger partial charge in [0.2, 0.25) is 15.9 Å². The summed E-state index contributed by atoms with van der Waals surface area (Å²) in [6, 6.07) is 10.6. The van der Waals surface area contributed by atoms with Gasteiger partial charge in [-0.3, -0.25) is 4.79 Å². The summed E-state index contributed by atoms with van der Waals surface area (Å²) in [4.78, 5) is 12.6. The summed E-state index contributed by atoms with van der Waals surface area (Å²) in [5.74, 6) is -0.225. The van der Waals surface area contributed by atoms with Crippen LogP contribution in [-0.4, -0.2) is 31.7 Å². The van der Waals surface area contributed by atoms with Gasteiger partial charge in [0.15, 0.2) is 0 Å². The molecule has 2 aromatic rings. The Hall–Kier alpha value is -1.89. The van der Waals surface area contributed by atoms with E-state index in [1.54, 1.807) is 13.8 Å². The number of hydrogen-bond donors (Lipinski definition) is 1. The predicted molar refractivity (Wildman–Crippen MR) is 112 cm³/mol. The number of aryl methyl sites for hydroxylation is 2. The van der Waals surface area contributed by atoms with Crippen LogP contribution in [0.3, 0.4) is 0 Å². The Morgan fingerprint density at radius 2 is 1.79 bits per heavy atom. The van der Waals surface area contributed by atoms with E-state index in [9.17, 15) is 13.2 Å². The minimum atomic E-state index is -3.62. The normalized spacial score (nSPS) is 13.6. The summed E-state index contributed by atoms with van der Waals surface area (Å²) in [6.45, 7) is 4.33. The third-order valence-electron chi connectivity index (χ3n) is 5.08. The van der Waals surface area contributed by atoms with Crippen LogP contribution >= 0.6 is 11.6 Å². The fourth-order valence-electron chi connectivity index (χ4n) is 3.59. The van der Waals surface area contributed by atoms with Crippen LogP contribution in [0.1, 0.15) is 37.0 Å². The van der Waals surface area contributed by atoms with E-state index in [0.717, 1.165) is 24.8 Å². The molecule has 7 heteroatoms. The summed E-state index contributed by atoms with van der Waals surface area (Å²) < 4.78 is 26.8. The van der Waals surface area contributed by atoms with Gasteiger partial charge in [-0.2, -0.15) is 4.31 Å². The van der Waals surface area contributed by atoms with Crippen LogP contribution in [0.4, 0.5) is 5.69 Å². The number of benzene rings is 2. The van der Waals surface area contributed by atoms with Crippen molar-refractivity contribution in [2.45, 2.75) is 44.4 Å². The summed E-state index contributed by atoms with van der Waals surface area (Å²) in [5.41, 5.74) is 3.93. The molecular formula is C21H25ClN2O3S. The third kappa shape index (κ3) is 4.40. The van der Waals surface area contributed by atoms with E-state index < -0.39 is 10.0 Å². The van der Waals surface area contributed by atoms with Gasteiger partial charge < -0.3 is 5.32 Å². The zero-order chi connectivity index (χ0) is 20.3. The number of hydrogen-bond acceptors (Lipinski definition) is 3. The standard InChI is InChI=1S/C21H25ClN2O3S/c1-3-24(4-2)28(26,27)18-10-11-19(22)20(14-18)23-21(25)13-15-8-9-16-6-5-7-17(16)12-15/h8-12,14H,3-7,13H2,1-2H3,(H,23,25). The SMILES string of the molecule is CCN(CC)S(=O)(=O)c1ccc(Cl)c(NC(=O)Cc2ccc3c(c2)CCC3)c1. The van der Waals surface area contributed by atoms with Gasteiger partial charge >= 0.3 is 0 Å². The molecule has 0 spiro atoms. The smallest absolute Gasteiger partial charge is 0.243 e. The fourth-order valence-corrected chi connectivity index (χ4v) is 5.24. The Balaban J connectivity index is 1.77. The highest BCUT2D eigenvalue weighted by atomic mass is 35.5. The number of nitrogens with zero attached hydrogens (tertiary/aromatic N) is 1. The molecule has 1 N–H and O–H groups in total. The van der Waals surface area contributed by atoms with Gasteiger partial charge in [0.05, 0.1) is 22.0 Å². The maximum absolute atomic E-state index is 12.7. The first-order chi connectivity index (χ1) is 13.3. The Kier molecular flexibility index (Phi) is 6.43. The number of carbonyl (C=O) groups excluding carboxylic acids is 1. The summed E-state index contributed by atoms with van der Waals surface area (Å²) in [7, 11) is -3.62. The molecule has 1 aliphatic carbocycles. The predicted octanol–water partition coefficient (Wildman–Crippen LogP) is 4.04. The number of amides is 1. The van der Waals surface area contributed by atoms with E-state index in [2.05, 4.69) is 17.4 Å². The largest absolute Gasteiger partial charge is 0.324 e. The molecule has 0 saturated carbocycles. The zero-order valence-corrected chi connectivity index (χ0v) is 17.7. The molecule has 1 amide bonds. The molecule has 150 valence electrons. The van der Waals surface area contributed by atoms with Gasteiger partial charge in [-0.05, 0) is 54.2 Å². The number of nitrogens with one attached hydrogen (secondary N) is 1. The van der Waals surface area contributed by atoms with Crippen LogP contribution in [0.2, 0.25) is 5.02 Å². The molecule has 28 heavy (non-hydrogen) atoms. The van der Waals surface area contributed by atoms with Crippen molar-refractivity contribution in [2.75, 3.05) is 18.4 Å². The maximum Gasteiger partial charge on any atom is 0.243 e. The van der Waals surface area contributed by atoms with Gasteiger partial charge in [-0.1, -0.05) is 43.6 Å². The second-order valence-electron chi connectivity index (χ2n) is 6.91. The van der Waals surface area contributed by atoms with E-state index in [0.29, 0.717) is 23.8 Å². The summed E-state index contributed by atoms with van der Waals surface area (Å²) in [5, 5.41) is 3.07. The topological polar surface area (TPSA) is 66.5 Å². The maximum atomic E-state index is 12.7. The molecule has 5 nitrogen and oxygen atoms in total. The van der Waals surface area contributed by atoms with Gasteiger partial charge in [0.1, 0.15) is 0 Å². The van der Waals surface area contributed by atoms with Crippen molar-refractivity contribution in [1.82, 2.24) is 4.31 Å². The minimum absolute atomic E-state index is 0.119. The average molecular weight is 421 g/mol. The fraction of sp³-hybridized carbons (Fsp3) is 0.381. The quantitative estimate of drug-likeness (QED) is 0.735. The lowest BCUT2D eigenvalue weighted by Gasteiger charge is -2.19. The van der Waals surface area contributed by atoms with Crippen LogP contribution < -0.4 is 5.32 Å². The number of carbonyl (C=O) groups is 1. The van der Waals surface area contributed by atoms with Crippen molar-refractivity contribution in [2.24, 2.45) is 0 Å². The van der Waals surface area contributed by atoms with E-state index in [4.69, 9.17) is 11.6 Å². The first-order valence-corrected chi connectivity index (χ1v) is 11.4. The molecular weight excluding hydrogens is 396 g/mol. The first kappa shape index (κ1) is 20.8. The van der Waals surface area contributed by atoms with E-state index >= 15 is 0 Å². The average Bonchev–Trinajstić information content (AvgIpc) is 3.12. The number of halogens is 1. The lowest BCUT2D eigenvalue weighted by atomic mass is 10.0. The Morgan fingerprint density at radius 3 is 2.50 bits per heavy atom. The number of anilines is 1.